The van der Waals surface area contributed by atoms with Crippen molar-refractivity contribution in [2.75, 3.05) is 19.0 Å². The van der Waals surface area contributed by atoms with Crippen molar-refractivity contribution in [1.29, 1.82) is 0 Å². The highest BCUT2D eigenvalue weighted by molar-refractivity contribution is 7.89. The summed E-state index contributed by atoms with van der Waals surface area (Å²) in [5.41, 5.74) is 0.408. The first-order valence-electron chi connectivity index (χ1n) is 9.63. The topological polar surface area (TPSA) is 131 Å². The van der Waals surface area contributed by atoms with Crippen molar-refractivity contribution in [3.05, 3.63) is 48.5 Å². The Balaban J connectivity index is 1.88. The molecule has 0 aromatic heterocycles. The average molecular weight is 470 g/mol. The number of benzene rings is 2. The van der Waals surface area contributed by atoms with Gasteiger partial charge in [0.2, 0.25) is 26.0 Å². The van der Waals surface area contributed by atoms with Crippen LogP contribution in [0.15, 0.2) is 58.3 Å². The largest absolute Gasteiger partial charge is 0.497 e. The maximum atomic E-state index is 12.3. The van der Waals surface area contributed by atoms with Gasteiger partial charge >= 0.3 is 0 Å². The lowest BCUT2D eigenvalue weighted by atomic mass is 10.3. The fourth-order valence-corrected chi connectivity index (χ4v) is 4.85. The van der Waals surface area contributed by atoms with Gasteiger partial charge in [-0.1, -0.05) is 6.92 Å². The maximum Gasteiger partial charge on any atom is 0.240 e. The van der Waals surface area contributed by atoms with Crippen LogP contribution < -0.4 is 19.5 Å². The van der Waals surface area contributed by atoms with Crippen molar-refractivity contribution in [3.63, 3.8) is 0 Å². The monoisotopic (exact) mass is 469 g/mol. The number of anilines is 1. The van der Waals surface area contributed by atoms with Gasteiger partial charge < -0.3 is 10.1 Å². The fourth-order valence-electron chi connectivity index (χ4n) is 2.49. The molecule has 3 N–H and O–H groups in total. The van der Waals surface area contributed by atoms with E-state index in [2.05, 4.69) is 14.8 Å². The molecule has 11 heteroatoms. The first-order valence-corrected chi connectivity index (χ1v) is 12.6. The van der Waals surface area contributed by atoms with Gasteiger partial charge in [0.1, 0.15) is 5.75 Å². The van der Waals surface area contributed by atoms with Crippen LogP contribution in [0.25, 0.3) is 0 Å². The average Bonchev–Trinajstić information content (AvgIpc) is 2.73. The zero-order valence-corrected chi connectivity index (χ0v) is 19.2. The van der Waals surface area contributed by atoms with E-state index in [1.807, 2.05) is 6.92 Å². The minimum atomic E-state index is -3.75. The van der Waals surface area contributed by atoms with E-state index in [9.17, 15) is 21.6 Å². The lowest BCUT2D eigenvalue weighted by Crippen LogP contribution is -2.32. The summed E-state index contributed by atoms with van der Waals surface area (Å²) in [5.74, 6) is 0.124. The summed E-state index contributed by atoms with van der Waals surface area (Å²) in [6.07, 6.45) is 0.570. The minimum Gasteiger partial charge on any atom is -0.497 e. The van der Waals surface area contributed by atoms with Crippen molar-refractivity contribution in [3.8, 4) is 5.75 Å². The number of carbonyl (C=O) groups is 1. The highest BCUT2D eigenvalue weighted by atomic mass is 32.2. The summed E-state index contributed by atoms with van der Waals surface area (Å²) in [7, 11) is -5.89. The Hall–Kier alpha value is -2.47. The molecule has 9 nitrogen and oxygen atoms in total. The molecule has 170 valence electrons. The quantitative estimate of drug-likeness (QED) is 0.462. The van der Waals surface area contributed by atoms with E-state index in [1.165, 1.54) is 55.6 Å². The van der Waals surface area contributed by atoms with Gasteiger partial charge in [0.25, 0.3) is 0 Å². The Morgan fingerprint density at radius 3 is 2.03 bits per heavy atom. The van der Waals surface area contributed by atoms with Crippen LogP contribution in [-0.4, -0.2) is 42.4 Å². The lowest BCUT2D eigenvalue weighted by Gasteiger charge is -2.12. The molecule has 0 spiro atoms. The summed E-state index contributed by atoms with van der Waals surface area (Å²) in [5, 5.41) is 2.61. The second-order valence-electron chi connectivity index (χ2n) is 6.83. The van der Waals surface area contributed by atoms with Crippen LogP contribution in [0.3, 0.4) is 0 Å². The van der Waals surface area contributed by atoms with Gasteiger partial charge in [0.15, 0.2) is 0 Å². The molecule has 0 aliphatic heterocycles. The Morgan fingerprint density at radius 1 is 0.935 bits per heavy atom. The fraction of sp³-hybridized carbons (Fsp3) is 0.350. The summed E-state index contributed by atoms with van der Waals surface area (Å²) in [4.78, 5) is 12.3. The van der Waals surface area contributed by atoms with Gasteiger partial charge in [0.05, 0.1) is 16.9 Å². The van der Waals surface area contributed by atoms with E-state index in [0.29, 0.717) is 17.9 Å². The van der Waals surface area contributed by atoms with E-state index >= 15 is 0 Å². The predicted molar refractivity (Wildman–Crippen MR) is 118 cm³/mol. The predicted octanol–water partition coefficient (Wildman–Crippen LogP) is 2.08. The number of rotatable bonds is 11. The van der Waals surface area contributed by atoms with E-state index in [0.717, 1.165) is 0 Å². The van der Waals surface area contributed by atoms with E-state index < -0.39 is 26.0 Å². The van der Waals surface area contributed by atoms with Crippen molar-refractivity contribution < 1.29 is 26.4 Å². The number of hydrogen-bond donors (Lipinski definition) is 3. The van der Waals surface area contributed by atoms with Crippen LogP contribution in [0.4, 0.5) is 5.69 Å². The highest BCUT2D eigenvalue weighted by Crippen LogP contribution is 2.16. The lowest BCUT2D eigenvalue weighted by molar-refractivity contribution is -0.116. The molecule has 0 fully saturated rings. The first kappa shape index (κ1) is 24.8. The van der Waals surface area contributed by atoms with Gasteiger partial charge in [0, 0.05) is 24.7 Å². The Kier molecular flexibility index (Phi) is 8.57. The molecule has 31 heavy (non-hydrogen) atoms. The van der Waals surface area contributed by atoms with Gasteiger partial charge in [-0.25, -0.2) is 26.3 Å². The smallest absolute Gasteiger partial charge is 0.240 e. The number of carbonyl (C=O) groups excluding carboxylic acids is 1. The molecule has 0 radical (unpaired) electrons. The molecule has 1 atom stereocenters. The normalized spacial score (nSPS) is 12.9. The number of methoxy groups -OCH3 is 1. The van der Waals surface area contributed by atoms with Crippen LogP contribution in [0.2, 0.25) is 0 Å². The van der Waals surface area contributed by atoms with Gasteiger partial charge in [-0.05, 0) is 61.9 Å². The molecular formula is C20H27N3O6S2. The molecule has 0 heterocycles. The SMILES string of the molecule is CCC(C)NS(=O)(=O)c1ccc(NC(=O)CCNS(=O)(=O)c2ccc(OC)cc2)cc1. The van der Waals surface area contributed by atoms with Gasteiger partial charge in [-0.15, -0.1) is 0 Å². The molecule has 1 amide bonds. The van der Waals surface area contributed by atoms with Crippen LogP contribution in [0, 0.1) is 0 Å². The standard InChI is InChI=1S/C20H27N3O6S2/c1-4-15(2)23-31(27,28)19-9-5-16(6-10-19)22-20(24)13-14-21-30(25,26)18-11-7-17(29-3)8-12-18/h5-12,15,21,23H,4,13-14H2,1-3H3,(H,22,24). The second-order valence-corrected chi connectivity index (χ2v) is 10.3. The minimum absolute atomic E-state index is 0.0662. The summed E-state index contributed by atoms with van der Waals surface area (Å²) in [6, 6.07) is 11.4. The zero-order valence-electron chi connectivity index (χ0n) is 17.6. The third kappa shape index (κ3) is 7.31. The van der Waals surface area contributed by atoms with Crippen molar-refractivity contribution in [2.24, 2.45) is 0 Å². The number of nitrogens with one attached hydrogen (secondary N) is 3. The van der Waals surface area contributed by atoms with Crippen LogP contribution >= 0.6 is 0 Å². The van der Waals surface area contributed by atoms with Crippen LogP contribution in [-0.2, 0) is 24.8 Å². The van der Waals surface area contributed by atoms with Crippen molar-refractivity contribution in [2.45, 2.75) is 42.5 Å². The van der Waals surface area contributed by atoms with Crippen LogP contribution in [0.1, 0.15) is 26.7 Å². The van der Waals surface area contributed by atoms with Crippen LogP contribution in [0.5, 0.6) is 5.75 Å². The Labute approximate surface area is 183 Å². The third-order valence-electron chi connectivity index (χ3n) is 4.43. The summed E-state index contributed by atoms with van der Waals surface area (Å²) >= 11 is 0. The molecule has 0 saturated carbocycles. The molecule has 0 saturated heterocycles. The van der Waals surface area contributed by atoms with Gasteiger partial charge in [-0.3, -0.25) is 4.79 Å². The molecule has 2 aromatic carbocycles. The number of hydrogen-bond acceptors (Lipinski definition) is 6. The van der Waals surface area contributed by atoms with E-state index in [4.69, 9.17) is 4.74 Å². The number of ether oxygens (including phenoxy) is 1. The van der Waals surface area contributed by atoms with E-state index in [-0.39, 0.29) is 28.8 Å². The summed E-state index contributed by atoms with van der Waals surface area (Å²) in [6.45, 7) is 3.56. The molecule has 0 bridgehead atoms. The second kappa shape index (κ2) is 10.7. The molecular weight excluding hydrogens is 442 g/mol. The number of sulfonamides is 2. The summed E-state index contributed by atoms with van der Waals surface area (Å²) < 4.78 is 58.9. The first-order chi connectivity index (χ1) is 14.6. The molecule has 0 aliphatic carbocycles. The third-order valence-corrected chi connectivity index (χ3v) is 7.51. The maximum absolute atomic E-state index is 12.3. The van der Waals surface area contributed by atoms with Crippen molar-refractivity contribution >= 4 is 31.6 Å². The number of amides is 1. The van der Waals surface area contributed by atoms with Crippen molar-refractivity contribution in [1.82, 2.24) is 9.44 Å². The zero-order chi connectivity index (χ0) is 23.1. The molecule has 2 rings (SSSR count). The van der Waals surface area contributed by atoms with E-state index in [1.54, 1.807) is 6.92 Å². The molecule has 1 unspecified atom stereocenters. The van der Waals surface area contributed by atoms with Gasteiger partial charge in [-0.2, -0.15) is 0 Å². The highest BCUT2D eigenvalue weighted by Gasteiger charge is 2.17. The Morgan fingerprint density at radius 2 is 1.48 bits per heavy atom. The molecule has 2 aromatic rings. The molecule has 0 aliphatic rings. The Bertz CT molecular complexity index is 1080.